The topological polar surface area (TPSA) is 44.5 Å². The number of hydrogen-bond acceptors (Lipinski definition) is 3. The van der Waals surface area contributed by atoms with Crippen LogP contribution >= 0.6 is 15.9 Å². The van der Waals surface area contributed by atoms with Gasteiger partial charge in [0.05, 0.1) is 11.1 Å². The number of halogens is 1. The van der Waals surface area contributed by atoms with Gasteiger partial charge in [-0.1, -0.05) is 12.1 Å². The minimum atomic E-state index is 0.552. The molecule has 1 aromatic carbocycles. The van der Waals surface area contributed by atoms with Crippen molar-refractivity contribution >= 4 is 15.9 Å². The third-order valence-electron chi connectivity index (χ3n) is 2.00. The third-order valence-corrected chi connectivity index (χ3v) is 2.62. The number of benzene rings is 1. The molecule has 0 aromatic heterocycles. The molecule has 0 aliphatic heterocycles. The summed E-state index contributed by atoms with van der Waals surface area (Å²) in [6.07, 6.45) is 0.821. The quantitative estimate of drug-likeness (QED) is 0.807. The summed E-state index contributed by atoms with van der Waals surface area (Å²) in [4.78, 5) is 0. The number of nitrogens with two attached hydrogens (primary N) is 1. The van der Waals surface area contributed by atoms with Crippen LogP contribution in [-0.4, -0.2) is 26.9 Å². The first kappa shape index (κ1) is 12.5. The second-order valence-corrected chi connectivity index (χ2v) is 3.96. The van der Waals surface area contributed by atoms with Gasteiger partial charge < -0.3 is 15.2 Å². The van der Waals surface area contributed by atoms with Crippen LogP contribution in [0.5, 0.6) is 5.75 Å². The van der Waals surface area contributed by atoms with E-state index < -0.39 is 0 Å². The van der Waals surface area contributed by atoms with Crippen LogP contribution in [0.1, 0.15) is 5.56 Å². The molecule has 0 spiro atoms. The first-order chi connectivity index (χ1) is 7.29. The lowest BCUT2D eigenvalue weighted by Gasteiger charge is -2.12. The van der Waals surface area contributed by atoms with Crippen molar-refractivity contribution in [2.24, 2.45) is 5.73 Å². The first-order valence-corrected chi connectivity index (χ1v) is 5.68. The lowest BCUT2D eigenvalue weighted by Crippen LogP contribution is -2.09. The zero-order valence-electron chi connectivity index (χ0n) is 8.83. The van der Waals surface area contributed by atoms with Crippen LogP contribution in [0.2, 0.25) is 0 Å². The Morgan fingerprint density at radius 2 is 2.13 bits per heavy atom. The van der Waals surface area contributed by atoms with Gasteiger partial charge in [-0.25, -0.2) is 0 Å². The van der Waals surface area contributed by atoms with E-state index in [1.54, 1.807) is 7.11 Å². The smallest absolute Gasteiger partial charge is 0.136 e. The molecule has 0 radical (unpaired) electrons. The van der Waals surface area contributed by atoms with Gasteiger partial charge in [-0.2, -0.15) is 0 Å². The number of hydrogen-bond donors (Lipinski definition) is 1. The van der Waals surface area contributed by atoms with E-state index in [1.807, 2.05) is 18.2 Å². The zero-order valence-corrected chi connectivity index (χ0v) is 10.4. The monoisotopic (exact) mass is 273 g/mol. The van der Waals surface area contributed by atoms with Gasteiger partial charge in [0.1, 0.15) is 12.4 Å². The van der Waals surface area contributed by atoms with E-state index in [2.05, 4.69) is 15.9 Å². The Morgan fingerprint density at radius 3 is 2.80 bits per heavy atom. The highest BCUT2D eigenvalue weighted by molar-refractivity contribution is 9.10. The largest absolute Gasteiger partial charge is 0.490 e. The van der Waals surface area contributed by atoms with E-state index in [0.717, 1.165) is 22.2 Å². The normalized spacial score (nSPS) is 10.3. The summed E-state index contributed by atoms with van der Waals surface area (Å²) >= 11 is 3.46. The van der Waals surface area contributed by atoms with Crippen molar-refractivity contribution in [1.29, 1.82) is 0 Å². The van der Waals surface area contributed by atoms with Crippen LogP contribution in [0, 0.1) is 0 Å². The highest BCUT2D eigenvalue weighted by Gasteiger charge is 2.06. The molecule has 1 aromatic rings. The van der Waals surface area contributed by atoms with Gasteiger partial charge in [-0.3, -0.25) is 0 Å². The Balaban J connectivity index is 2.72. The second kappa shape index (κ2) is 6.82. The van der Waals surface area contributed by atoms with Crippen molar-refractivity contribution in [3.05, 3.63) is 28.2 Å². The average molecular weight is 274 g/mol. The summed E-state index contributed by atoms with van der Waals surface area (Å²) in [6.45, 7) is 1.76. The molecule has 2 N–H and O–H groups in total. The molecule has 3 nitrogen and oxygen atoms in total. The van der Waals surface area contributed by atoms with Crippen LogP contribution in [0.25, 0.3) is 0 Å². The molecule has 15 heavy (non-hydrogen) atoms. The van der Waals surface area contributed by atoms with E-state index in [4.69, 9.17) is 15.2 Å². The SMILES string of the molecule is COCCOc1c(Br)cccc1CCN. The molecule has 4 heteroatoms. The molecule has 0 aliphatic carbocycles. The van der Waals surface area contributed by atoms with Gasteiger partial charge in [0.25, 0.3) is 0 Å². The Hall–Kier alpha value is -0.580. The van der Waals surface area contributed by atoms with Gasteiger partial charge in [0.15, 0.2) is 0 Å². The fraction of sp³-hybridized carbons (Fsp3) is 0.455. The van der Waals surface area contributed by atoms with Crippen LogP contribution < -0.4 is 10.5 Å². The van der Waals surface area contributed by atoms with Crippen molar-refractivity contribution in [1.82, 2.24) is 0 Å². The van der Waals surface area contributed by atoms with Gasteiger partial charge in [0, 0.05) is 7.11 Å². The standard InChI is InChI=1S/C11H16BrNO2/c1-14-7-8-15-11-9(5-6-13)3-2-4-10(11)12/h2-4H,5-8,13H2,1H3. The first-order valence-electron chi connectivity index (χ1n) is 4.88. The van der Waals surface area contributed by atoms with Crippen LogP contribution in [0.4, 0.5) is 0 Å². The summed E-state index contributed by atoms with van der Waals surface area (Å²) in [5.74, 6) is 0.875. The molecule has 0 amide bonds. The average Bonchev–Trinajstić information content (AvgIpc) is 2.23. The summed E-state index contributed by atoms with van der Waals surface area (Å²) < 4.78 is 11.5. The fourth-order valence-electron chi connectivity index (χ4n) is 1.29. The lowest BCUT2D eigenvalue weighted by molar-refractivity contribution is 0.145. The Bertz CT molecular complexity index is 305. The number of ether oxygens (including phenoxy) is 2. The van der Waals surface area contributed by atoms with Gasteiger partial charge in [-0.15, -0.1) is 0 Å². The molecule has 0 saturated carbocycles. The second-order valence-electron chi connectivity index (χ2n) is 3.11. The maximum atomic E-state index is 5.63. The molecule has 0 aliphatic rings. The van der Waals surface area contributed by atoms with Crippen molar-refractivity contribution < 1.29 is 9.47 Å². The van der Waals surface area contributed by atoms with Crippen molar-refractivity contribution in [3.63, 3.8) is 0 Å². The number of rotatable bonds is 6. The zero-order chi connectivity index (χ0) is 11.1. The minimum Gasteiger partial charge on any atom is -0.490 e. The maximum Gasteiger partial charge on any atom is 0.136 e. The molecule has 84 valence electrons. The minimum absolute atomic E-state index is 0.552. The van der Waals surface area contributed by atoms with Gasteiger partial charge in [-0.05, 0) is 40.5 Å². The summed E-state index contributed by atoms with van der Waals surface area (Å²) in [6, 6.07) is 5.97. The van der Waals surface area contributed by atoms with E-state index in [-0.39, 0.29) is 0 Å². The highest BCUT2D eigenvalue weighted by Crippen LogP contribution is 2.29. The van der Waals surface area contributed by atoms with Crippen LogP contribution in [0.3, 0.4) is 0 Å². The summed E-state index contributed by atoms with van der Waals surface area (Å²) in [5.41, 5.74) is 6.67. The molecule has 0 unspecified atom stereocenters. The molecule has 1 rings (SSSR count). The molecule has 0 atom stereocenters. The molecule has 0 heterocycles. The van der Waals surface area contributed by atoms with Crippen LogP contribution in [-0.2, 0) is 11.2 Å². The van der Waals surface area contributed by atoms with E-state index >= 15 is 0 Å². The molecule has 0 bridgehead atoms. The Morgan fingerprint density at radius 1 is 1.33 bits per heavy atom. The molecule has 0 saturated heterocycles. The predicted octanol–water partition coefficient (Wildman–Crippen LogP) is 1.98. The maximum absolute atomic E-state index is 5.63. The molecule has 0 fully saturated rings. The van der Waals surface area contributed by atoms with E-state index in [0.29, 0.717) is 19.8 Å². The van der Waals surface area contributed by atoms with E-state index in [1.165, 1.54) is 0 Å². The van der Waals surface area contributed by atoms with Gasteiger partial charge >= 0.3 is 0 Å². The number of para-hydroxylation sites is 1. The Labute approximate surface area is 98.7 Å². The Kier molecular flexibility index (Phi) is 5.68. The summed E-state index contributed by atoms with van der Waals surface area (Å²) in [5, 5.41) is 0. The van der Waals surface area contributed by atoms with Crippen molar-refractivity contribution in [3.8, 4) is 5.75 Å². The molecular weight excluding hydrogens is 258 g/mol. The van der Waals surface area contributed by atoms with Crippen LogP contribution in [0.15, 0.2) is 22.7 Å². The van der Waals surface area contributed by atoms with Crippen molar-refractivity contribution in [2.75, 3.05) is 26.9 Å². The van der Waals surface area contributed by atoms with Crippen molar-refractivity contribution in [2.45, 2.75) is 6.42 Å². The third kappa shape index (κ3) is 3.81. The van der Waals surface area contributed by atoms with E-state index in [9.17, 15) is 0 Å². The van der Waals surface area contributed by atoms with Gasteiger partial charge in [0.2, 0.25) is 0 Å². The highest BCUT2D eigenvalue weighted by atomic mass is 79.9. The predicted molar refractivity (Wildman–Crippen MR) is 64.3 cm³/mol. The lowest BCUT2D eigenvalue weighted by atomic mass is 10.1. The molecular formula is C11H16BrNO2. The fourth-order valence-corrected chi connectivity index (χ4v) is 1.82. The number of methoxy groups -OCH3 is 1. The summed E-state index contributed by atoms with van der Waals surface area (Å²) in [7, 11) is 1.66.